The number of carbonyl (C=O) groups is 1. The summed E-state index contributed by atoms with van der Waals surface area (Å²) in [5.41, 5.74) is -0.592. The third-order valence-corrected chi connectivity index (χ3v) is 2.96. The van der Waals surface area contributed by atoms with Crippen molar-refractivity contribution in [3.05, 3.63) is 0 Å². The Kier molecular flexibility index (Phi) is 4.74. The molecule has 1 aliphatic rings. The molecule has 0 atom stereocenters. The quantitative estimate of drug-likeness (QED) is 0.787. The van der Waals surface area contributed by atoms with Crippen LogP contribution in [-0.4, -0.2) is 47.3 Å². The number of amides is 1. The van der Waals surface area contributed by atoms with E-state index in [0.717, 1.165) is 0 Å². The Morgan fingerprint density at radius 1 is 1.44 bits per heavy atom. The fourth-order valence-electron chi connectivity index (χ4n) is 1.78. The van der Waals surface area contributed by atoms with Crippen molar-refractivity contribution in [2.45, 2.75) is 51.7 Å². The van der Waals surface area contributed by atoms with E-state index in [0.29, 0.717) is 39.0 Å². The van der Waals surface area contributed by atoms with Gasteiger partial charge in [-0.15, -0.1) is 0 Å². The molecule has 0 spiro atoms. The molecular weight excluding hydrogens is 206 g/mol. The van der Waals surface area contributed by atoms with E-state index in [2.05, 4.69) is 0 Å². The first-order valence-electron chi connectivity index (χ1n) is 6.02. The molecule has 1 amide bonds. The maximum atomic E-state index is 11.8. The summed E-state index contributed by atoms with van der Waals surface area (Å²) in [4.78, 5) is 13.6. The Balaban J connectivity index is 2.23. The number of aliphatic hydroxyl groups is 1. The van der Waals surface area contributed by atoms with Crippen LogP contribution in [0.1, 0.15) is 40.0 Å². The maximum Gasteiger partial charge on any atom is 0.224 e. The molecule has 1 fully saturated rings. The summed E-state index contributed by atoms with van der Waals surface area (Å²) in [5.74, 6) is 0.135. The number of likely N-dealkylation sites (tertiary alicyclic amines) is 1. The second-order valence-corrected chi connectivity index (χ2v) is 5.05. The Morgan fingerprint density at radius 3 is 2.50 bits per heavy atom. The van der Waals surface area contributed by atoms with Gasteiger partial charge in [-0.2, -0.15) is 0 Å². The number of ether oxygens (including phenoxy) is 1. The van der Waals surface area contributed by atoms with Crippen LogP contribution >= 0.6 is 0 Å². The van der Waals surface area contributed by atoms with Gasteiger partial charge >= 0.3 is 0 Å². The fraction of sp³-hybridized carbons (Fsp3) is 0.917. The average Bonchev–Trinajstić information content (AvgIpc) is 2.16. The predicted octanol–water partition coefficient (Wildman–Crippen LogP) is 1.17. The summed E-state index contributed by atoms with van der Waals surface area (Å²) >= 11 is 0. The molecule has 1 heterocycles. The van der Waals surface area contributed by atoms with Gasteiger partial charge in [-0.05, 0) is 33.6 Å². The van der Waals surface area contributed by atoms with E-state index in [-0.39, 0.29) is 12.0 Å². The Hall–Kier alpha value is -0.610. The van der Waals surface area contributed by atoms with Crippen molar-refractivity contribution in [1.82, 2.24) is 4.90 Å². The average molecular weight is 229 g/mol. The van der Waals surface area contributed by atoms with Gasteiger partial charge in [-0.1, -0.05) is 0 Å². The van der Waals surface area contributed by atoms with Crippen LogP contribution in [0.4, 0.5) is 0 Å². The highest BCUT2D eigenvalue weighted by Gasteiger charge is 2.29. The van der Waals surface area contributed by atoms with Crippen molar-refractivity contribution in [2.75, 3.05) is 19.7 Å². The van der Waals surface area contributed by atoms with Crippen molar-refractivity contribution in [1.29, 1.82) is 0 Å². The lowest BCUT2D eigenvalue weighted by Crippen LogP contribution is -2.45. The lowest BCUT2D eigenvalue weighted by atomic mass is 9.94. The van der Waals surface area contributed by atoms with E-state index >= 15 is 0 Å². The third kappa shape index (κ3) is 4.49. The van der Waals surface area contributed by atoms with E-state index in [9.17, 15) is 9.90 Å². The van der Waals surface area contributed by atoms with Crippen LogP contribution < -0.4 is 0 Å². The smallest absolute Gasteiger partial charge is 0.224 e. The van der Waals surface area contributed by atoms with E-state index in [1.54, 1.807) is 0 Å². The largest absolute Gasteiger partial charge is 0.390 e. The molecule has 4 nitrogen and oxygen atoms in total. The number of hydrogen-bond acceptors (Lipinski definition) is 3. The van der Waals surface area contributed by atoms with Crippen LogP contribution in [0.3, 0.4) is 0 Å². The van der Waals surface area contributed by atoms with Gasteiger partial charge in [0.25, 0.3) is 0 Å². The van der Waals surface area contributed by atoms with E-state index < -0.39 is 5.60 Å². The van der Waals surface area contributed by atoms with Gasteiger partial charge in [0.2, 0.25) is 5.91 Å². The second-order valence-electron chi connectivity index (χ2n) is 5.05. The molecule has 0 bridgehead atoms. The zero-order valence-electron chi connectivity index (χ0n) is 10.5. The van der Waals surface area contributed by atoms with E-state index in [4.69, 9.17) is 4.74 Å². The van der Waals surface area contributed by atoms with Crippen LogP contribution in [0, 0.1) is 0 Å². The minimum atomic E-state index is -0.592. The lowest BCUT2D eigenvalue weighted by Gasteiger charge is -2.35. The first kappa shape index (κ1) is 13.5. The molecule has 1 N–H and O–H groups in total. The van der Waals surface area contributed by atoms with Crippen molar-refractivity contribution in [3.63, 3.8) is 0 Å². The van der Waals surface area contributed by atoms with E-state index in [1.807, 2.05) is 25.7 Å². The molecule has 1 rings (SSSR count). The summed E-state index contributed by atoms with van der Waals surface area (Å²) in [6.07, 6.45) is 1.96. The van der Waals surface area contributed by atoms with E-state index in [1.165, 1.54) is 0 Å². The molecule has 4 heteroatoms. The number of piperidine rings is 1. The number of hydrogen-bond donors (Lipinski definition) is 1. The summed E-state index contributed by atoms with van der Waals surface area (Å²) < 4.78 is 5.35. The van der Waals surface area contributed by atoms with Crippen molar-refractivity contribution >= 4 is 5.91 Å². The van der Waals surface area contributed by atoms with Gasteiger partial charge in [0.15, 0.2) is 0 Å². The van der Waals surface area contributed by atoms with Crippen LogP contribution in [-0.2, 0) is 9.53 Å². The highest BCUT2D eigenvalue weighted by molar-refractivity contribution is 5.76. The predicted molar refractivity (Wildman–Crippen MR) is 62.1 cm³/mol. The number of nitrogens with zero attached hydrogens (tertiary/aromatic N) is 1. The minimum Gasteiger partial charge on any atom is -0.390 e. The number of rotatable bonds is 4. The Bertz CT molecular complexity index is 228. The molecule has 0 unspecified atom stereocenters. The van der Waals surface area contributed by atoms with Crippen molar-refractivity contribution < 1.29 is 14.6 Å². The lowest BCUT2D eigenvalue weighted by molar-refractivity contribution is -0.136. The normalized spacial score (nSPS) is 20.2. The molecule has 0 radical (unpaired) electrons. The zero-order valence-corrected chi connectivity index (χ0v) is 10.5. The van der Waals surface area contributed by atoms with Crippen molar-refractivity contribution in [2.24, 2.45) is 0 Å². The monoisotopic (exact) mass is 229 g/mol. The molecule has 0 aromatic carbocycles. The summed E-state index contributed by atoms with van der Waals surface area (Å²) in [6, 6.07) is 0. The van der Waals surface area contributed by atoms with Crippen LogP contribution in [0.15, 0.2) is 0 Å². The zero-order chi connectivity index (χ0) is 12.2. The summed E-state index contributed by atoms with van der Waals surface area (Å²) in [6.45, 7) is 7.56. The first-order chi connectivity index (χ1) is 7.41. The maximum absolute atomic E-state index is 11.8. The third-order valence-electron chi connectivity index (χ3n) is 2.96. The Morgan fingerprint density at radius 2 is 2.00 bits per heavy atom. The highest BCUT2D eigenvalue weighted by Crippen LogP contribution is 2.21. The second kappa shape index (κ2) is 5.64. The molecule has 94 valence electrons. The molecule has 0 aromatic rings. The molecule has 0 aromatic heterocycles. The SMILES string of the molecule is CC(C)OCCC(=O)N1CCC(C)(O)CC1. The van der Waals surface area contributed by atoms with Crippen LogP contribution in [0.25, 0.3) is 0 Å². The molecule has 0 saturated carbocycles. The Labute approximate surface area is 97.6 Å². The van der Waals surface area contributed by atoms with Gasteiger partial charge in [0, 0.05) is 13.1 Å². The topological polar surface area (TPSA) is 49.8 Å². The number of carbonyl (C=O) groups excluding carboxylic acids is 1. The van der Waals surface area contributed by atoms with Gasteiger partial charge in [0.05, 0.1) is 24.7 Å². The fourth-order valence-corrected chi connectivity index (χ4v) is 1.78. The molecular formula is C12H23NO3. The van der Waals surface area contributed by atoms with Gasteiger partial charge in [-0.3, -0.25) is 4.79 Å². The van der Waals surface area contributed by atoms with Gasteiger partial charge in [-0.25, -0.2) is 0 Å². The van der Waals surface area contributed by atoms with Crippen LogP contribution in [0.2, 0.25) is 0 Å². The standard InChI is InChI=1S/C12H23NO3/c1-10(2)16-9-4-11(14)13-7-5-12(3,15)6-8-13/h10,15H,4-9H2,1-3H3. The van der Waals surface area contributed by atoms with Gasteiger partial charge in [0.1, 0.15) is 0 Å². The molecule has 1 aliphatic heterocycles. The van der Waals surface area contributed by atoms with Gasteiger partial charge < -0.3 is 14.7 Å². The van der Waals surface area contributed by atoms with Crippen LogP contribution in [0.5, 0.6) is 0 Å². The molecule has 16 heavy (non-hydrogen) atoms. The first-order valence-corrected chi connectivity index (χ1v) is 6.02. The summed E-state index contributed by atoms with van der Waals surface area (Å²) in [7, 11) is 0. The minimum absolute atomic E-state index is 0.135. The summed E-state index contributed by atoms with van der Waals surface area (Å²) in [5, 5.41) is 9.76. The van der Waals surface area contributed by atoms with Crippen molar-refractivity contribution in [3.8, 4) is 0 Å². The molecule has 0 aliphatic carbocycles. The highest BCUT2D eigenvalue weighted by atomic mass is 16.5. The molecule has 1 saturated heterocycles.